The minimum absolute atomic E-state index is 0.0244. The molecule has 0 fully saturated rings. The van der Waals surface area contributed by atoms with Gasteiger partial charge < -0.3 is 9.80 Å². The van der Waals surface area contributed by atoms with Gasteiger partial charge in [-0.2, -0.15) is 0 Å². The van der Waals surface area contributed by atoms with Gasteiger partial charge in [0, 0.05) is 39.3 Å². The van der Waals surface area contributed by atoms with Gasteiger partial charge in [-0.3, -0.25) is 4.79 Å². The highest BCUT2D eigenvalue weighted by Crippen LogP contribution is 2.52. The molecule has 3 nitrogen and oxygen atoms in total. The molecule has 0 saturated carbocycles. The lowest BCUT2D eigenvalue weighted by Crippen LogP contribution is -2.30. The number of para-hydroxylation sites is 3. The first kappa shape index (κ1) is 33.8. The van der Waals surface area contributed by atoms with Crippen molar-refractivity contribution in [1.29, 1.82) is 0 Å². The number of anilines is 6. The summed E-state index contributed by atoms with van der Waals surface area (Å²) in [5, 5.41) is 0. The van der Waals surface area contributed by atoms with Gasteiger partial charge in [-0.25, -0.2) is 0 Å². The highest BCUT2D eigenvalue weighted by atomic mass is 16.1. The molecule has 0 aromatic heterocycles. The molecule has 1 aliphatic heterocycles. The molecule has 0 aliphatic carbocycles. The zero-order valence-corrected chi connectivity index (χ0v) is 30.9. The van der Waals surface area contributed by atoms with Crippen molar-refractivity contribution >= 4 is 39.9 Å². The predicted molar refractivity (Wildman–Crippen MR) is 229 cm³/mol. The summed E-state index contributed by atoms with van der Waals surface area (Å²) < 4.78 is 0. The van der Waals surface area contributed by atoms with E-state index < -0.39 is 0 Å². The molecule has 0 atom stereocenters. The Labute approximate surface area is 323 Å². The number of hydrogen-bond donors (Lipinski definition) is 0. The molecular weight excluding hydrogens is 669 g/mol. The van der Waals surface area contributed by atoms with Crippen LogP contribution in [0.15, 0.2) is 206 Å². The zero-order valence-electron chi connectivity index (χ0n) is 30.9. The molecule has 1 aliphatic rings. The van der Waals surface area contributed by atoms with Gasteiger partial charge in [-0.1, -0.05) is 147 Å². The number of nitrogens with zero attached hydrogens (tertiary/aromatic N) is 2. The number of carbonyl (C=O) groups excluding carboxylic acids is 1. The highest BCUT2D eigenvalue weighted by molar-refractivity contribution is 6.09. The Hall–Kier alpha value is -6.97. The van der Waals surface area contributed by atoms with Gasteiger partial charge in [-0.05, 0) is 106 Å². The molecule has 1 heterocycles. The van der Waals surface area contributed by atoms with E-state index in [0.717, 1.165) is 33.9 Å². The van der Waals surface area contributed by atoms with Crippen LogP contribution in [-0.2, 0) is 5.41 Å². The molecule has 0 bridgehead atoms. The van der Waals surface area contributed by atoms with Crippen LogP contribution in [0.3, 0.4) is 0 Å². The standard InChI is InChI=1S/C52H40N2O/c1-52(2)47-23-12-13-24-49(47)54(44-21-10-5-11-22-44)50-34-29-41(36-48(50)52)38-27-32-46(33-28-38)53(43-19-8-4-9-20-43)45-30-25-37(26-31-45)40-17-14-18-42(35-40)51(55)39-15-6-3-7-16-39/h3-36H,1-2H3. The lowest BCUT2D eigenvalue weighted by molar-refractivity contribution is 0.103. The highest BCUT2D eigenvalue weighted by Gasteiger charge is 2.37. The molecule has 0 N–H and O–H groups in total. The van der Waals surface area contributed by atoms with Crippen molar-refractivity contribution in [3.05, 3.63) is 229 Å². The van der Waals surface area contributed by atoms with Crippen molar-refractivity contribution in [3.8, 4) is 22.3 Å². The van der Waals surface area contributed by atoms with Gasteiger partial charge in [0.1, 0.15) is 0 Å². The maximum Gasteiger partial charge on any atom is 0.193 e. The van der Waals surface area contributed by atoms with E-state index >= 15 is 0 Å². The second kappa shape index (κ2) is 14.1. The third-order valence-corrected chi connectivity index (χ3v) is 10.8. The van der Waals surface area contributed by atoms with E-state index in [2.05, 4.69) is 175 Å². The van der Waals surface area contributed by atoms with E-state index in [0.29, 0.717) is 11.1 Å². The second-order valence-corrected chi connectivity index (χ2v) is 14.6. The van der Waals surface area contributed by atoms with Crippen molar-refractivity contribution in [2.45, 2.75) is 19.3 Å². The van der Waals surface area contributed by atoms with E-state index in [1.54, 1.807) is 0 Å². The average molecular weight is 709 g/mol. The van der Waals surface area contributed by atoms with Crippen LogP contribution >= 0.6 is 0 Å². The van der Waals surface area contributed by atoms with E-state index in [4.69, 9.17) is 0 Å². The Morgan fingerprint density at radius 2 is 0.909 bits per heavy atom. The summed E-state index contributed by atoms with van der Waals surface area (Å²) in [5.74, 6) is 0.0244. The molecule has 8 aromatic carbocycles. The number of fused-ring (bicyclic) bond motifs is 2. The summed E-state index contributed by atoms with van der Waals surface area (Å²) in [6.07, 6.45) is 0. The van der Waals surface area contributed by atoms with Gasteiger partial charge in [0.05, 0.1) is 11.4 Å². The lowest BCUT2D eigenvalue weighted by Gasteiger charge is -2.42. The van der Waals surface area contributed by atoms with Crippen LogP contribution < -0.4 is 9.80 Å². The van der Waals surface area contributed by atoms with E-state index in [-0.39, 0.29) is 11.2 Å². The van der Waals surface area contributed by atoms with Crippen LogP contribution in [-0.4, -0.2) is 5.78 Å². The first-order valence-electron chi connectivity index (χ1n) is 18.8. The Kier molecular flexibility index (Phi) is 8.68. The summed E-state index contributed by atoms with van der Waals surface area (Å²) in [5.41, 5.74) is 15.0. The molecule has 0 unspecified atom stereocenters. The summed E-state index contributed by atoms with van der Waals surface area (Å²) >= 11 is 0. The number of rotatable bonds is 8. The minimum atomic E-state index is -0.178. The van der Waals surface area contributed by atoms with Crippen LogP contribution in [0.25, 0.3) is 22.3 Å². The van der Waals surface area contributed by atoms with E-state index in [1.165, 1.54) is 33.6 Å². The van der Waals surface area contributed by atoms with Crippen LogP contribution in [0.4, 0.5) is 34.1 Å². The van der Waals surface area contributed by atoms with Crippen molar-refractivity contribution in [2.75, 3.05) is 9.80 Å². The van der Waals surface area contributed by atoms with Gasteiger partial charge >= 0.3 is 0 Å². The molecule has 0 saturated heterocycles. The largest absolute Gasteiger partial charge is 0.311 e. The first-order chi connectivity index (χ1) is 27.0. The molecular formula is C52H40N2O. The SMILES string of the molecule is CC1(C)c2ccccc2N(c2ccccc2)c2ccc(-c3ccc(N(c4ccccc4)c4ccc(-c5cccc(C(=O)c6ccccc6)c5)cc4)cc3)cc21. The second-order valence-electron chi connectivity index (χ2n) is 14.6. The Bertz CT molecular complexity index is 2610. The maximum absolute atomic E-state index is 13.2. The van der Waals surface area contributed by atoms with E-state index in [9.17, 15) is 4.79 Å². The topological polar surface area (TPSA) is 23.6 Å². The Morgan fingerprint density at radius 3 is 1.56 bits per heavy atom. The van der Waals surface area contributed by atoms with Crippen molar-refractivity contribution in [1.82, 2.24) is 0 Å². The molecule has 0 amide bonds. The van der Waals surface area contributed by atoms with E-state index in [1.807, 2.05) is 54.6 Å². The molecule has 55 heavy (non-hydrogen) atoms. The van der Waals surface area contributed by atoms with Crippen molar-refractivity contribution < 1.29 is 4.79 Å². The molecule has 9 rings (SSSR count). The number of hydrogen-bond acceptors (Lipinski definition) is 3. The van der Waals surface area contributed by atoms with Crippen LogP contribution in [0.1, 0.15) is 40.9 Å². The third-order valence-electron chi connectivity index (χ3n) is 10.8. The normalized spacial score (nSPS) is 12.7. The van der Waals surface area contributed by atoms with Crippen LogP contribution in [0.2, 0.25) is 0 Å². The number of benzene rings is 8. The van der Waals surface area contributed by atoms with Crippen molar-refractivity contribution in [2.24, 2.45) is 0 Å². The summed E-state index contributed by atoms with van der Waals surface area (Å²) in [6, 6.07) is 71.7. The third kappa shape index (κ3) is 6.30. The average Bonchev–Trinajstić information content (AvgIpc) is 3.25. The lowest BCUT2D eigenvalue weighted by atomic mass is 9.73. The fourth-order valence-electron chi connectivity index (χ4n) is 7.96. The quantitative estimate of drug-likeness (QED) is 0.147. The van der Waals surface area contributed by atoms with Crippen LogP contribution in [0, 0.1) is 0 Å². The summed E-state index contributed by atoms with van der Waals surface area (Å²) in [4.78, 5) is 17.9. The minimum Gasteiger partial charge on any atom is -0.311 e. The van der Waals surface area contributed by atoms with Gasteiger partial charge in [0.2, 0.25) is 0 Å². The molecule has 3 heteroatoms. The zero-order chi connectivity index (χ0) is 37.4. The predicted octanol–water partition coefficient (Wildman–Crippen LogP) is 13.8. The summed E-state index contributed by atoms with van der Waals surface area (Å²) in [6.45, 7) is 4.67. The Morgan fingerprint density at radius 1 is 0.418 bits per heavy atom. The molecule has 8 aromatic rings. The molecule has 0 radical (unpaired) electrons. The first-order valence-corrected chi connectivity index (χ1v) is 18.8. The van der Waals surface area contributed by atoms with Crippen LogP contribution in [0.5, 0.6) is 0 Å². The van der Waals surface area contributed by atoms with Crippen molar-refractivity contribution in [3.63, 3.8) is 0 Å². The number of ketones is 1. The Balaban J connectivity index is 1.04. The molecule has 264 valence electrons. The number of carbonyl (C=O) groups is 1. The fourth-order valence-corrected chi connectivity index (χ4v) is 7.96. The monoisotopic (exact) mass is 708 g/mol. The maximum atomic E-state index is 13.2. The smallest absolute Gasteiger partial charge is 0.193 e. The summed E-state index contributed by atoms with van der Waals surface area (Å²) in [7, 11) is 0. The van der Waals surface area contributed by atoms with Gasteiger partial charge in [0.15, 0.2) is 5.78 Å². The van der Waals surface area contributed by atoms with Gasteiger partial charge in [0.25, 0.3) is 0 Å². The van der Waals surface area contributed by atoms with Gasteiger partial charge in [-0.15, -0.1) is 0 Å². The molecule has 0 spiro atoms. The fraction of sp³-hybridized carbons (Fsp3) is 0.0577.